The highest BCUT2D eigenvalue weighted by molar-refractivity contribution is 5.74. The summed E-state index contributed by atoms with van der Waals surface area (Å²) in [6.07, 6.45) is -4.73. The van der Waals surface area contributed by atoms with Gasteiger partial charge >= 0.3 is 6.36 Å². The lowest BCUT2D eigenvalue weighted by Gasteiger charge is -2.33. The van der Waals surface area contributed by atoms with Crippen LogP contribution in [-0.4, -0.2) is 49.5 Å². The SMILES string of the molecule is CN1CCN(c2cc(-c3ccc(OC(F)(F)F)cc3)cc(-c3ccc(F)cc3)n2)CC1. The molecular formula is C23H21F4N3O. The van der Waals surface area contributed by atoms with E-state index < -0.39 is 6.36 Å². The number of nitrogens with zero attached hydrogens (tertiary/aromatic N) is 3. The van der Waals surface area contributed by atoms with Crippen molar-refractivity contribution in [3.05, 3.63) is 66.5 Å². The summed E-state index contributed by atoms with van der Waals surface area (Å²) in [5.41, 5.74) is 2.97. The topological polar surface area (TPSA) is 28.6 Å². The van der Waals surface area contributed by atoms with Gasteiger partial charge in [-0.2, -0.15) is 0 Å². The number of pyridine rings is 1. The molecule has 4 rings (SSSR count). The van der Waals surface area contributed by atoms with Gasteiger partial charge in [-0.15, -0.1) is 13.2 Å². The summed E-state index contributed by atoms with van der Waals surface area (Å²) >= 11 is 0. The molecule has 1 aliphatic heterocycles. The third kappa shape index (κ3) is 5.32. The van der Waals surface area contributed by atoms with Crippen molar-refractivity contribution < 1.29 is 22.3 Å². The zero-order valence-corrected chi connectivity index (χ0v) is 16.9. The van der Waals surface area contributed by atoms with Gasteiger partial charge in [0.15, 0.2) is 0 Å². The van der Waals surface area contributed by atoms with Crippen molar-refractivity contribution in [3.63, 3.8) is 0 Å². The van der Waals surface area contributed by atoms with Crippen LogP contribution in [0.25, 0.3) is 22.4 Å². The molecule has 0 radical (unpaired) electrons. The van der Waals surface area contributed by atoms with E-state index in [0.29, 0.717) is 5.69 Å². The molecule has 1 fully saturated rings. The van der Waals surface area contributed by atoms with E-state index in [1.165, 1.54) is 24.3 Å². The number of rotatable bonds is 4. The van der Waals surface area contributed by atoms with E-state index in [9.17, 15) is 17.6 Å². The molecular weight excluding hydrogens is 410 g/mol. The maximum Gasteiger partial charge on any atom is 0.573 e. The molecule has 2 aromatic carbocycles. The molecule has 0 aliphatic carbocycles. The summed E-state index contributed by atoms with van der Waals surface area (Å²) < 4.78 is 54.7. The maximum absolute atomic E-state index is 13.4. The Morgan fingerprint density at radius 3 is 2.03 bits per heavy atom. The molecule has 4 nitrogen and oxygen atoms in total. The van der Waals surface area contributed by atoms with Gasteiger partial charge in [0, 0.05) is 31.7 Å². The Labute approximate surface area is 177 Å². The number of alkyl halides is 3. The van der Waals surface area contributed by atoms with Gasteiger partial charge in [0.2, 0.25) is 0 Å². The minimum atomic E-state index is -4.73. The Kier molecular flexibility index (Phi) is 5.82. The highest BCUT2D eigenvalue weighted by atomic mass is 19.4. The molecule has 0 bridgehead atoms. The molecule has 1 aromatic heterocycles. The molecule has 0 atom stereocenters. The number of anilines is 1. The maximum atomic E-state index is 13.4. The number of hydrogen-bond acceptors (Lipinski definition) is 4. The number of hydrogen-bond donors (Lipinski definition) is 0. The highest BCUT2D eigenvalue weighted by Gasteiger charge is 2.31. The summed E-state index contributed by atoms with van der Waals surface area (Å²) in [6, 6.07) is 15.6. The van der Waals surface area contributed by atoms with E-state index in [0.717, 1.165) is 48.7 Å². The number of halogens is 4. The van der Waals surface area contributed by atoms with Crippen molar-refractivity contribution in [2.24, 2.45) is 0 Å². The Hall–Kier alpha value is -3.13. The number of piperazine rings is 1. The third-order valence-corrected chi connectivity index (χ3v) is 5.20. The van der Waals surface area contributed by atoms with Crippen molar-refractivity contribution in [1.82, 2.24) is 9.88 Å². The number of aromatic nitrogens is 1. The van der Waals surface area contributed by atoms with Crippen LogP contribution >= 0.6 is 0 Å². The summed E-state index contributed by atoms with van der Waals surface area (Å²) in [6.45, 7) is 3.44. The molecule has 2 heterocycles. The fourth-order valence-electron chi connectivity index (χ4n) is 3.50. The molecule has 8 heteroatoms. The minimum absolute atomic E-state index is 0.275. The first-order chi connectivity index (χ1) is 14.8. The van der Waals surface area contributed by atoms with E-state index >= 15 is 0 Å². The summed E-state index contributed by atoms with van der Waals surface area (Å²) in [4.78, 5) is 9.20. The molecule has 162 valence electrons. The lowest BCUT2D eigenvalue weighted by molar-refractivity contribution is -0.274. The molecule has 0 saturated carbocycles. The lowest BCUT2D eigenvalue weighted by atomic mass is 10.0. The largest absolute Gasteiger partial charge is 0.573 e. The quantitative estimate of drug-likeness (QED) is 0.531. The Morgan fingerprint density at radius 2 is 1.42 bits per heavy atom. The Morgan fingerprint density at radius 1 is 0.806 bits per heavy atom. The van der Waals surface area contributed by atoms with Gasteiger partial charge < -0.3 is 14.5 Å². The second-order valence-electron chi connectivity index (χ2n) is 7.47. The average molecular weight is 431 g/mol. The van der Waals surface area contributed by atoms with Crippen molar-refractivity contribution in [2.75, 3.05) is 38.1 Å². The van der Waals surface area contributed by atoms with Crippen LogP contribution in [0.15, 0.2) is 60.7 Å². The van der Waals surface area contributed by atoms with E-state index in [4.69, 9.17) is 4.98 Å². The summed E-state index contributed by atoms with van der Waals surface area (Å²) in [5.74, 6) is 0.170. The third-order valence-electron chi connectivity index (χ3n) is 5.20. The van der Waals surface area contributed by atoms with E-state index in [2.05, 4.69) is 21.6 Å². The van der Waals surface area contributed by atoms with E-state index in [-0.39, 0.29) is 11.6 Å². The molecule has 1 aliphatic rings. The summed E-state index contributed by atoms with van der Waals surface area (Å²) in [5, 5.41) is 0. The van der Waals surface area contributed by atoms with Crippen molar-refractivity contribution in [1.29, 1.82) is 0 Å². The lowest BCUT2D eigenvalue weighted by Crippen LogP contribution is -2.44. The molecule has 0 spiro atoms. The van der Waals surface area contributed by atoms with Crippen molar-refractivity contribution >= 4 is 5.82 Å². The molecule has 0 N–H and O–H groups in total. The monoisotopic (exact) mass is 431 g/mol. The van der Waals surface area contributed by atoms with Crippen molar-refractivity contribution in [2.45, 2.75) is 6.36 Å². The highest BCUT2D eigenvalue weighted by Crippen LogP contribution is 2.32. The van der Waals surface area contributed by atoms with E-state index in [1.807, 2.05) is 12.1 Å². The zero-order valence-electron chi connectivity index (χ0n) is 16.9. The molecule has 31 heavy (non-hydrogen) atoms. The number of benzene rings is 2. The number of likely N-dealkylation sites (N-methyl/N-ethyl adjacent to an activating group) is 1. The smallest absolute Gasteiger partial charge is 0.406 e. The van der Waals surface area contributed by atoms with Crippen LogP contribution < -0.4 is 9.64 Å². The fourth-order valence-corrected chi connectivity index (χ4v) is 3.50. The van der Waals surface area contributed by atoms with Gasteiger partial charge in [-0.1, -0.05) is 12.1 Å². The summed E-state index contributed by atoms with van der Waals surface area (Å²) in [7, 11) is 2.07. The van der Waals surface area contributed by atoms with Crippen LogP contribution in [0.5, 0.6) is 5.75 Å². The van der Waals surface area contributed by atoms with Gasteiger partial charge in [-0.3, -0.25) is 0 Å². The van der Waals surface area contributed by atoms with Gasteiger partial charge in [-0.25, -0.2) is 9.37 Å². The van der Waals surface area contributed by atoms with Gasteiger partial charge in [0.1, 0.15) is 17.4 Å². The first kappa shape index (κ1) is 21.1. The molecule has 0 amide bonds. The standard InChI is InChI=1S/C23H21F4N3O/c1-29-10-12-30(13-11-29)22-15-18(14-21(28-22)17-2-6-19(24)7-3-17)16-4-8-20(9-5-16)31-23(25,26)27/h2-9,14-15H,10-13H2,1H3. The van der Waals surface area contributed by atoms with Crippen LogP contribution in [0.3, 0.4) is 0 Å². The first-order valence-corrected chi connectivity index (χ1v) is 9.84. The minimum Gasteiger partial charge on any atom is -0.406 e. The Bertz CT molecular complexity index is 1030. The predicted molar refractivity (Wildman–Crippen MR) is 111 cm³/mol. The Balaban J connectivity index is 1.71. The molecule has 3 aromatic rings. The zero-order chi connectivity index (χ0) is 22.0. The average Bonchev–Trinajstić information content (AvgIpc) is 2.74. The second kappa shape index (κ2) is 8.55. The first-order valence-electron chi connectivity index (χ1n) is 9.84. The molecule has 0 unspecified atom stereocenters. The molecule has 1 saturated heterocycles. The van der Waals surface area contributed by atoms with Gasteiger partial charge in [0.25, 0.3) is 0 Å². The fraction of sp³-hybridized carbons (Fsp3) is 0.261. The van der Waals surface area contributed by atoms with Crippen LogP contribution in [-0.2, 0) is 0 Å². The van der Waals surface area contributed by atoms with Gasteiger partial charge in [0.05, 0.1) is 5.69 Å². The van der Waals surface area contributed by atoms with Crippen molar-refractivity contribution in [3.8, 4) is 28.1 Å². The van der Waals surface area contributed by atoms with Crippen LogP contribution in [0, 0.1) is 5.82 Å². The normalized spacial score (nSPS) is 15.2. The second-order valence-corrected chi connectivity index (χ2v) is 7.47. The van der Waals surface area contributed by atoms with Gasteiger partial charge in [-0.05, 0) is 66.7 Å². The van der Waals surface area contributed by atoms with E-state index in [1.54, 1.807) is 24.3 Å². The number of ether oxygens (including phenoxy) is 1. The van der Waals surface area contributed by atoms with Crippen LogP contribution in [0.1, 0.15) is 0 Å². The van der Waals surface area contributed by atoms with Crippen LogP contribution in [0.2, 0.25) is 0 Å². The van der Waals surface area contributed by atoms with Crippen LogP contribution in [0.4, 0.5) is 23.4 Å². The predicted octanol–water partition coefficient (Wildman–Crippen LogP) is 5.21.